The van der Waals surface area contributed by atoms with E-state index in [1.54, 1.807) is 10.9 Å². The third kappa shape index (κ3) is 3.97. The van der Waals surface area contributed by atoms with E-state index in [1.807, 2.05) is 12.1 Å². The van der Waals surface area contributed by atoms with Gasteiger partial charge in [-0.3, -0.25) is 4.79 Å². The van der Waals surface area contributed by atoms with Crippen molar-refractivity contribution in [2.24, 2.45) is 0 Å². The van der Waals surface area contributed by atoms with Crippen LogP contribution >= 0.6 is 0 Å². The molecule has 1 saturated carbocycles. The van der Waals surface area contributed by atoms with Crippen molar-refractivity contribution in [1.82, 2.24) is 20.1 Å². The highest BCUT2D eigenvalue weighted by molar-refractivity contribution is 5.94. The zero-order valence-electron chi connectivity index (χ0n) is 17.6. The van der Waals surface area contributed by atoms with Crippen molar-refractivity contribution in [2.75, 3.05) is 0 Å². The lowest BCUT2D eigenvalue weighted by molar-refractivity contribution is 0.0944. The van der Waals surface area contributed by atoms with Crippen LogP contribution < -0.4 is 10.1 Å². The summed E-state index contributed by atoms with van der Waals surface area (Å²) in [5, 5.41) is 7.39. The highest BCUT2D eigenvalue weighted by atomic mass is 19.2. The van der Waals surface area contributed by atoms with Crippen LogP contribution in [0.1, 0.15) is 59.4 Å². The number of aromatic nitrogens is 3. The molecule has 32 heavy (non-hydrogen) atoms. The number of pyridine rings is 1. The molecule has 0 atom stereocenters. The van der Waals surface area contributed by atoms with Crippen molar-refractivity contribution >= 4 is 5.91 Å². The molecule has 2 aliphatic carbocycles. The SMILES string of the molecule is O=C(NCc1cccnc1OC1CCCC1)c1nn(-c2ccc(F)c(F)c2)c2c1CCC2. The van der Waals surface area contributed by atoms with Crippen LogP contribution in [0, 0.1) is 11.6 Å². The van der Waals surface area contributed by atoms with E-state index in [0.29, 0.717) is 17.3 Å². The largest absolute Gasteiger partial charge is 0.474 e. The summed E-state index contributed by atoms with van der Waals surface area (Å²) in [5.74, 6) is -1.61. The van der Waals surface area contributed by atoms with Crippen molar-refractivity contribution in [3.05, 3.63) is 70.7 Å². The van der Waals surface area contributed by atoms with Gasteiger partial charge in [0.05, 0.1) is 5.69 Å². The minimum atomic E-state index is -0.942. The van der Waals surface area contributed by atoms with E-state index in [2.05, 4.69) is 15.4 Å². The van der Waals surface area contributed by atoms with Crippen molar-refractivity contribution in [1.29, 1.82) is 0 Å². The molecule has 5 rings (SSSR count). The maximum Gasteiger partial charge on any atom is 0.272 e. The van der Waals surface area contributed by atoms with Crippen LogP contribution in [0.5, 0.6) is 5.88 Å². The van der Waals surface area contributed by atoms with Gasteiger partial charge in [-0.25, -0.2) is 18.4 Å². The van der Waals surface area contributed by atoms with E-state index in [0.717, 1.165) is 73.9 Å². The molecule has 0 unspecified atom stereocenters. The number of hydrogen-bond donors (Lipinski definition) is 1. The summed E-state index contributed by atoms with van der Waals surface area (Å²) in [7, 11) is 0. The Morgan fingerprint density at radius 2 is 1.97 bits per heavy atom. The smallest absolute Gasteiger partial charge is 0.272 e. The van der Waals surface area contributed by atoms with Gasteiger partial charge < -0.3 is 10.1 Å². The van der Waals surface area contributed by atoms with Gasteiger partial charge in [0.1, 0.15) is 6.10 Å². The molecule has 0 saturated heterocycles. The molecule has 1 fully saturated rings. The van der Waals surface area contributed by atoms with Gasteiger partial charge >= 0.3 is 0 Å². The number of nitrogens with zero attached hydrogens (tertiary/aromatic N) is 3. The van der Waals surface area contributed by atoms with E-state index in [1.165, 1.54) is 6.07 Å². The summed E-state index contributed by atoms with van der Waals surface area (Å²) in [6, 6.07) is 7.35. The Labute approximate surface area is 184 Å². The third-order valence-electron chi connectivity index (χ3n) is 6.16. The molecule has 1 N–H and O–H groups in total. The van der Waals surface area contributed by atoms with Crippen LogP contribution in [-0.4, -0.2) is 26.8 Å². The van der Waals surface area contributed by atoms with E-state index < -0.39 is 11.6 Å². The summed E-state index contributed by atoms with van der Waals surface area (Å²) in [6.45, 7) is 0.265. The molecule has 2 aromatic heterocycles. The van der Waals surface area contributed by atoms with E-state index >= 15 is 0 Å². The second kappa shape index (κ2) is 8.68. The Hall–Kier alpha value is -3.29. The van der Waals surface area contributed by atoms with Gasteiger partial charge in [0.25, 0.3) is 5.91 Å². The van der Waals surface area contributed by atoms with Gasteiger partial charge in [-0.15, -0.1) is 0 Å². The third-order valence-corrected chi connectivity index (χ3v) is 6.16. The lowest BCUT2D eigenvalue weighted by Crippen LogP contribution is -2.25. The first kappa shape index (κ1) is 20.6. The molecule has 2 aliphatic rings. The van der Waals surface area contributed by atoms with Crippen LogP contribution in [0.3, 0.4) is 0 Å². The number of carbonyl (C=O) groups is 1. The molecule has 3 aromatic rings. The number of fused-ring (bicyclic) bond motifs is 1. The molecule has 166 valence electrons. The summed E-state index contributed by atoms with van der Waals surface area (Å²) in [5.41, 5.74) is 3.27. The van der Waals surface area contributed by atoms with Crippen LogP contribution in [0.15, 0.2) is 36.5 Å². The average molecular weight is 438 g/mol. The first-order chi connectivity index (χ1) is 15.6. The molecule has 1 aromatic carbocycles. The zero-order valence-corrected chi connectivity index (χ0v) is 17.6. The fourth-order valence-corrected chi connectivity index (χ4v) is 4.54. The molecule has 0 aliphatic heterocycles. The summed E-state index contributed by atoms with van der Waals surface area (Å²) >= 11 is 0. The summed E-state index contributed by atoms with van der Waals surface area (Å²) in [6.07, 6.45) is 8.58. The van der Waals surface area contributed by atoms with Gasteiger partial charge in [-0.1, -0.05) is 6.07 Å². The number of rotatable bonds is 6. The Kier molecular flexibility index (Phi) is 5.59. The Bertz CT molecular complexity index is 1150. The fourth-order valence-electron chi connectivity index (χ4n) is 4.54. The molecule has 0 bridgehead atoms. The standard InChI is InChI=1S/C24H24F2N4O2/c25-19-11-10-16(13-20(19)26)30-21-9-3-8-18(21)22(29-30)23(31)28-14-15-5-4-12-27-24(15)32-17-6-1-2-7-17/h4-5,10-13,17H,1-3,6-9,14H2,(H,28,31). The lowest BCUT2D eigenvalue weighted by Gasteiger charge is -2.15. The van der Waals surface area contributed by atoms with Crippen molar-refractivity contribution in [3.8, 4) is 11.6 Å². The number of carbonyl (C=O) groups excluding carboxylic acids is 1. The maximum absolute atomic E-state index is 13.8. The monoisotopic (exact) mass is 438 g/mol. The van der Waals surface area contributed by atoms with Crippen molar-refractivity contribution in [2.45, 2.75) is 57.6 Å². The van der Waals surface area contributed by atoms with Gasteiger partial charge in [0.2, 0.25) is 5.88 Å². The lowest BCUT2D eigenvalue weighted by atomic mass is 10.2. The summed E-state index contributed by atoms with van der Waals surface area (Å²) < 4.78 is 34.7. The fraction of sp³-hybridized carbons (Fsp3) is 0.375. The number of hydrogen-bond acceptors (Lipinski definition) is 4. The number of halogens is 2. The maximum atomic E-state index is 13.8. The highest BCUT2D eigenvalue weighted by Gasteiger charge is 2.27. The van der Waals surface area contributed by atoms with E-state index in [9.17, 15) is 13.6 Å². The molecule has 0 radical (unpaired) electrons. The van der Waals surface area contributed by atoms with Crippen LogP contribution in [0.2, 0.25) is 0 Å². The molecule has 8 heteroatoms. The quantitative estimate of drug-likeness (QED) is 0.624. The minimum Gasteiger partial charge on any atom is -0.474 e. The molecular formula is C24H24F2N4O2. The Morgan fingerprint density at radius 3 is 2.78 bits per heavy atom. The first-order valence-corrected chi connectivity index (χ1v) is 11.0. The topological polar surface area (TPSA) is 69.0 Å². The van der Waals surface area contributed by atoms with Gasteiger partial charge in [-0.2, -0.15) is 5.10 Å². The van der Waals surface area contributed by atoms with Gasteiger partial charge in [0.15, 0.2) is 17.3 Å². The first-order valence-electron chi connectivity index (χ1n) is 11.0. The molecule has 0 spiro atoms. The zero-order chi connectivity index (χ0) is 22.1. The number of ether oxygens (including phenoxy) is 1. The molecule has 6 nitrogen and oxygen atoms in total. The normalized spacial score (nSPS) is 15.7. The number of amides is 1. The second-order valence-corrected chi connectivity index (χ2v) is 8.31. The molecule has 1 amide bonds. The highest BCUT2D eigenvalue weighted by Crippen LogP contribution is 2.29. The van der Waals surface area contributed by atoms with E-state index in [4.69, 9.17) is 4.74 Å². The predicted octanol–water partition coefficient (Wildman–Crippen LogP) is 4.29. The molecule has 2 heterocycles. The predicted molar refractivity (Wildman–Crippen MR) is 114 cm³/mol. The minimum absolute atomic E-state index is 0.175. The van der Waals surface area contributed by atoms with Crippen molar-refractivity contribution < 1.29 is 18.3 Å². The summed E-state index contributed by atoms with van der Waals surface area (Å²) in [4.78, 5) is 17.4. The Morgan fingerprint density at radius 1 is 1.12 bits per heavy atom. The van der Waals surface area contributed by atoms with Gasteiger partial charge in [0, 0.05) is 35.6 Å². The number of benzene rings is 1. The van der Waals surface area contributed by atoms with Gasteiger partial charge in [-0.05, 0) is 63.1 Å². The van der Waals surface area contributed by atoms with E-state index in [-0.39, 0.29) is 18.6 Å². The van der Waals surface area contributed by atoms with Crippen LogP contribution in [0.4, 0.5) is 8.78 Å². The van der Waals surface area contributed by atoms with Crippen molar-refractivity contribution in [3.63, 3.8) is 0 Å². The second-order valence-electron chi connectivity index (χ2n) is 8.31. The average Bonchev–Trinajstić information content (AvgIpc) is 3.53. The van der Waals surface area contributed by atoms with Crippen LogP contribution in [0.25, 0.3) is 5.69 Å². The Balaban J connectivity index is 1.35. The molecular weight excluding hydrogens is 414 g/mol. The van der Waals surface area contributed by atoms with Crippen LogP contribution in [-0.2, 0) is 19.4 Å². The number of nitrogens with one attached hydrogen (secondary N) is 1.